The number of amides is 3. The van der Waals surface area contributed by atoms with E-state index in [2.05, 4.69) is 26.3 Å². The highest BCUT2D eigenvalue weighted by Crippen LogP contribution is 2.21. The van der Waals surface area contributed by atoms with Gasteiger partial charge in [0, 0.05) is 24.1 Å². The van der Waals surface area contributed by atoms with Crippen LogP contribution in [0.4, 0.5) is 11.4 Å². The highest BCUT2D eigenvalue weighted by Gasteiger charge is 2.24. The van der Waals surface area contributed by atoms with Gasteiger partial charge in [0.15, 0.2) is 0 Å². The molecule has 1 fully saturated rings. The van der Waals surface area contributed by atoms with Crippen LogP contribution in [0, 0.1) is 6.92 Å². The third kappa shape index (κ3) is 3.81. The molecule has 1 saturated heterocycles. The number of anilines is 2. The number of hydrogen-bond acceptors (Lipinski definition) is 6. The monoisotopic (exact) mass is 391 g/mol. The van der Waals surface area contributed by atoms with E-state index in [1.165, 1.54) is 16.0 Å². The zero-order valence-corrected chi connectivity index (χ0v) is 15.5. The molecule has 4 rings (SSSR count). The second-order valence-corrected chi connectivity index (χ2v) is 6.52. The van der Waals surface area contributed by atoms with Crippen molar-refractivity contribution >= 4 is 29.1 Å². The maximum atomic E-state index is 12.7. The fraction of sp³-hybridized carbons (Fsp3) is 0.158. The molecule has 3 aromatic rings. The molecule has 10 nitrogen and oxygen atoms in total. The average molecular weight is 391 g/mol. The molecule has 29 heavy (non-hydrogen) atoms. The van der Waals surface area contributed by atoms with Crippen LogP contribution in [-0.4, -0.2) is 37.9 Å². The van der Waals surface area contributed by atoms with E-state index in [1.54, 1.807) is 30.3 Å². The predicted molar refractivity (Wildman–Crippen MR) is 103 cm³/mol. The van der Waals surface area contributed by atoms with E-state index in [1.807, 2.05) is 19.1 Å². The fourth-order valence-corrected chi connectivity index (χ4v) is 2.91. The summed E-state index contributed by atoms with van der Waals surface area (Å²) in [4.78, 5) is 36.2. The average Bonchev–Trinajstić information content (AvgIpc) is 3.26. The lowest BCUT2D eigenvalue weighted by atomic mass is 10.1. The summed E-state index contributed by atoms with van der Waals surface area (Å²) in [5, 5.41) is 15.1. The minimum absolute atomic E-state index is 0.158. The number of aromatic nitrogens is 4. The van der Waals surface area contributed by atoms with E-state index < -0.39 is 0 Å². The van der Waals surface area contributed by atoms with Gasteiger partial charge in [-0.25, -0.2) is 9.69 Å². The Morgan fingerprint density at radius 1 is 1.07 bits per heavy atom. The van der Waals surface area contributed by atoms with Gasteiger partial charge in [-0.2, -0.15) is 0 Å². The van der Waals surface area contributed by atoms with Gasteiger partial charge in [-0.3, -0.25) is 19.8 Å². The summed E-state index contributed by atoms with van der Waals surface area (Å²) in [6.07, 6.45) is 1.81. The van der Waals surface area contributed by atoms with E-state index in [0.717, 1.165) is 5.56 Å². The molecule has 1 aromatic heterocycles. The number of carbonyl (C=O) groups is 3. The Labute approximate surface area is 165 Å². The summed E-state index contributed by atoms with van der Waals surface area (Å²) in [6.45, 7) is 1.88. The Kier molecular flexibility index (Phi) is 4.73. The highest BCUT2D eigenvalue weighted by molar-refractivity contribution is 6.05. The van der Waals surface area contributed by atoms with Gasteiger partial charge in [-0.1, -0.05) is 6.07 Å². The Balaban J connectivity index is 1.51. The van der Waals surface area contributed by atoms with Gasteiger partial charge in [0.2, 0.25) is 11.8 Å². The van der Waals surface area contributed by atoms with Gasteiger partial charge in [-0.05, 0) is 59.3 Å². The molecule has 3 amide bonds. The first-order valence-electron chi connectivity index (χ1n) is 8.89. The molecular weight excluding hydrogens is 374 g/mol. The topological polar surface area (TPSA) is 122 Å². The van der Waals surface area contributed by atoms with Crippen molar-refractivity contribution in [1.82, 2.24) is 25.6 Å². The van der Waals surface area contributed by atoms with Crippen LogP contribution in [0.3, 0.4) is 0 Å². The summed E-state index contributed by atoms with van der Waals surface area (Å²) in [6, 6.07) is 11.9. The number of aryl methyl sites for hydroxylation is 1. The van der Waals surface area contributed by atoms with Gasteiger partial charge < -0.3 is 5.32 Å². The third-order valence-corrected chi connectivity index (χ3v) is 4.52. The summed E-state index contributed by atoms with van der Waals surface area (Å²) >= 11 is 0. The molecule has 0 atom stereocenters. The van der Waals surface area contributed by atoms with Crippen molar-refractivity contribution in [3.8, 4) is 5.69 Å². The molecular formula is C19H17N7O3. The van der Waals surface area contributed by atoms with Crippen LogP contribution in [0.1, 0.15) is 28.8 Å². The maximum Gasteiger partial charge on any atom is 0.255 e. The van der Waals surface area contributed by atoms with Crippen LogP contribution < -0.4 is 15.8 Å². The largest absolute Gasteiger partial charge is 0.322 e. The van der Waals surface area contributed by atoms with Crippen molar-refractivity contribution < 1.29 is 14.4 Å². The predicted octanol–water partition coefficient (Wildman–Crippen LogP) is 1.38. The first-order valence-corrected chi connectivity index (χ1v) is 8.89. The van der Waals surface area contributed by atoms with Gasteiger partial charge in [0.05, 0.1) is 11.4 Å². The highest BCUT2D eigenvalue weighted by atomic mass is 16.2. The van der Waals surface area contributed by atoms with Gasteiger partial charge in [0.1, 0.15) is 6.33 Å². The number of rotatable bonds is 4. The van der Waals surface area contributed by atoms with Gasteiger partial charge >= 0.3 is 0 Å². The quantitative estimate of drug-likeness (QED) is 0.693. The summed E-state index contributed by atoms with van der Waals surface area (Å²) in [7, 11) is 0. The lowest BCUT2D eigenvalue weighted by Crippen LogP contribution is -2.50. The smallest absolute Gasteiger partial charge is 0.255 e. The standard InChI is InChI=1S/C19H17N7O3/c1-12-2-5-15(25-11-20-23-24-25)10-16(12)21-19(29)13-3-6-14(7-4-13)26-18(28)9-8-17(27)22-26/h2-7,10-11H,8-9H2,1H3,(H,21,29)(H,22,27). The number of benzene rings is 2. The number of tetrazole rings is 1. The van der Waals surface area contributed by atoms with E-state index in [9.17, 15) is 14.4 Å². The van der Waals surface area contributed by atoms with E-state index in [4.69, 9.17) is 0 Å². The van der Waals surface area contributed by atoms with Crippen LogP contribution in [0.2, 0.25) is 0 Å². The third-order valence-electron chi connectivity index (χ3n) is 4.52. The Morgan fingerprint density at radius 3 is 2.55 bits per heavy atom. The molecule has 0 unspecified atom stereocenters. The molecule has 1 aliphatic rings. The van der Waals surface area contributed by atoms with E-state index in [-0.39, 0.29) is 30.6 Å². The van der Waals surface area contributed by atoms with Crippen LogP contribution in [-0.2, 0) is 9.59 Å². The fourth-order valence-electron chi connectivity index (χ4n) is 2.91. The van der Waals surface area contributed by atoms with Crippen molar-refractivity contribution in [2.24, 2.45) is 0 Å². The Bertz CT molecular complexity index is 1080. The van der Waals surface area contributed by atoms with Crippen LogP contribution in [0.5, 0.6) is 0 Å². The normalized spacial score (nSPS) is 13.9. The van der Waals surface area contributed by atoms with Crippen LogP contribution in [0.25, 0.3) is 5.69 Å². The first-order chi connectivity index (χ1) is 14.0. The minimum Gasteiger partial charge on any atom is -0.322 e. The first kappa shape index (κ1) is 18.3. The molecule has 2 N–H and O–H groups in total. The second-order valence-electron chi connectivity index (χ2n) is 6.52. The minimum atomic E-state index is -0.303. The van der Waals surface area contributed by atoms with Crippen LogP contribution >= 0.6 is 0 Å². The molecule has 0 saturated carbocycles. The number of nitrogens with zero attached hydrogens (tertiary/aromatic N) is 5. The van der Waals surface area contributed by atoms with Gasteiger partial charge in [0.25, 0.3) is 5.91 Å². The molecule has 0 radical (unpaired) electrons. The van der Waals surface area contributed by atoms with E-state index >= 15 is 0 Å². The number of nitrogens with one attached hydrogen (secondary N) is 2. The molecule has 2 aromatic carbocycles. The SMILES string of the molecule is Cc1ccc(-n2cnnn2)cc1NC(=O)c1ccc(N2NC(=O)CCC2=O)cc1. The maximum absolute atomic E-state index is 12.7. The van der Waals surface area contributed by atoms with Crippen LogP contribution in [0.15, 0.2) is 48.8 Å². The van der Waals surface area contributed by atoms with Crippen molar-refractivity contribution in [3.05, 3.63) is 59.9 Å². The zero-order chi connectivity index (χ0) is 20.4. The molecule has 0 bridgehead atoms. The van der Waals surface area contributed by atoms with Crippen molar-refractivity contribution in [3.63, 3.8) is 0 Å². The molecule has 10 heteroatoms. The molecule has 146 valence electrons. The summed E-state index contributed by atoms with van der Waals surface area (Å²) in [5.41, 5.74) is 5.66. The Hall–Kier alpha value is -4.08. The second kappa shape index (κ2) is 7.50. The number of carbonyl (C=O) groups excluding carboxylic acids is 3. The summed E-state index contributed by atoms with van der Waals surface area (Å²) in [5.74, 6) is -0.719. The van der Waals surface area contributed by atoms with E-state index in [0.29, 0.717) is 22.6 Å². The molecule has 2 heterocycles. The summed E-state index contributed by atoms with van der Waals surface area (Å²) < 4.78 is 1.49. The van der Waals surface area contributed by atoms with Crippen molar-refractivity contribution in [1.29, 1.82) is 0 Å². The Morgan fingerprint density at radius 2 is 1.83 bits per heavy atom. The zero-order valence-electron chi connectivity index (χ0n) is 15.5. The number of hydrazine groups is 1. The van der Waals surface area contributed by atoms with Crippen molar-refractivity contribution in [2.75, 3.05) is 10.3 Å². The lowest BCUT2D eigenvalue weighted by molar-refractivity contribution is -0.130. The number of hydrogen-bond donors (Lipinski definition) is 2. The lowest BCUT2D eigenvalue weighted by Gasteiger charge is -2.27. The van der Waals surface area contributed by atoms with Crippen molar-refractivity contribution in [2.45, 2.75) is 19.8 Å². The van der Waals surface area contributed by atoms with Gasteiger partial charge in [-0.15, -0.1) is 5.10 Å². The molecule has 0 aliphatic carbocycles. The molecule has 0 spiro atoms. The molecule has 1 aliphatic heterocycles.